The van der Waals surface area contributed by atoms with Crippen LogP contribution in [0.1, 0.15) is 54.4 Å². The second-order valence-corrected chi connectivity index (χ2v) is 6.92. The summed E-state index contributed by atoms with van der Waals surface area (Å²) in [4.78, 5) is 10.3. The van der Waals surface area contributed by atoms with Crippen LogP contribution in [0, 0.1) is 17.8 Å². The molecule has 0 aliphatic rings. The van der Waals surface area contributed by atoms with E-state index >= 15 is 0 Å². The Labute approximate surface area is 144 Å². The van der Waals surface area contributed by atoms with Crippen molar-refractivity contribution in [2.75, 3.05) is 19.8 Å². The Morgan fingerprint density at radius 3 is 1.74 bits per heavy atom. The molecule has 0 aromatic carbocycles. The number of aliphatic hydroxyl groups excluding tert-OH is 1. The molecule has 19 heavy (non-hydrogen) atoms. The van der Waals surface area contributed by atoms with Crippen LogP contribution in [-0.4, -0.2) is 30.7 Å². The Kier molecular flexibility index (Phi) is 15.9. The molecular weight excluding hydrogens is 317 g/mol. The van der Waals surface area contributed by atoms with Crippen molar-refractivity contribution in [3.63, 3.8) is 0 Å². The molecule has 0 atom stereocenters. The summed E-state index contributed by atoms with van der Waals surface area (Å²) < 4.78 is 5.11. The van der Waals surface area contributed by atoms with Crippen LogP contribution in [0.2, 0.25) is 0 Å². The minimum absolute atomic E-state index is 0. The zero-order chi connectivity index (χ0) is 14.8. The van der Waals surface area contributed by atoms with Crippen LogP contribution < -0.4 is 0 Å². The Balaban J connectivity index is -0.000000262. The van der Waals surface area contributed by atoms with Gasteiger partial charge in [-0.1, -0.05) is 41.5 Å². The zero-order valence-electron chi connectivity index (χ0n) is 13.6. The van der Waals surface area contributed by atoms with Crippen molar-refractivity contribution < 1.29 is 47.3 Å². The Morgan fingerprint density at radius 2 is 1.53 bits per heavy atom. The van der Waals surface area contributed by atoms with Gasteiger partial charge in [0.1, 0.15) is 0 Å². The summed E-state index contributed by atoms with van der Waals surface area (Å²) in [5.74, 6) is 0.0255. The van der Waals surface area contributed by atoms with Gasteiger partial charge in [0.2, 0.25) is 0 Å². The first-order chi connectivity index (χ1) is 7.98. The maximum Gasteiger partial charge on any atom is 0.0697 e. The van der Waals surface area contributed by atoms with E-state index in [0.717, 1.165) is 13.0 Å². The predicted molar refractivity (Wildman–Crippen MR) is 76.4 cm³/mol. The number of carbonyl (C=O) groups is 1. The van der Waals surface area contributed by atoms with E-state index in [0.29, 0.717) is 18.4 Å². The number of aliphatic hydroxyl groups is 1. The van der Waals surface area contributed by atoms with Crippen molar-refractivity contribution in [1.29, 1.82) is 0 Å². The van der Waals surface area contributed by atoms with Crippen molar-refractivity contribution in [3.05, 3.63) is 6.92 Å². The summed E-state index contributed by atoms with van der Waals surface area (Å²) in [6.07, 6.45) is 1.62. The van der Waals surface area contributed by atoms with Crippen LogP contribution in [0.3, 0.4) is 0 Å². The molecule has 3 nitrogen and oxygen atoms in total. The molecule has 0 unspecified atom stereocenters. The monoisotopic (exact) mass is 348 g/mol. The fourth-order valence-corrected chi connectivity index (χ4v) is 1.14. The summed E-state index contributed by atoms with van der Waals surface area (Å²) in [5.41, 5.74) is 0.453. The Bertz CT molecular complexity index is 214. The number of ketones is 1. The van der Waals surface area contributed by atoms with E-state index in [1.165, 1.54) is 0 Å². The van der Waals surface area contributed by atoms with Gasteiger partial charge in [-0.05, 0) is 29.5 Å². The van der Waals surface area contributed by atoms with Gasteiger partial charge >= 0.3 is 0 Å². The number of carbonyl (C=O) groups excluding carboxylic acids is 1. The van der Waals surface area contributed by atoms with Gasteiger partial charge in [-0.2, -0.15) is 0 Å². The summed E-state index contributed by atoms with van der Waals surface area (Å²) in [6, 6.07) is 0. The van der Waals surface area contributed by atoms with E-state index in [2.05, 4.69) is 27.7 Å². The molecule has 1 radical (unpaired) electrons. The molecule has 0 amide bonds. The summed E-state index contributed by atoms with van der Waals surface area (Å²) in [6.45, 7) is 17.2. The van der Waals surface area contributed by atoms with Gasteiger partial charge in [-0.15, -0.1) is 0 Å². The van der Waals surface area contributed by atoms with Crippen LogP contribution >= 0.6 is 0 Å². The van der Waals surface area contributed by atoms with Crippen molar-refractivity contribution >= 4 is 5.78 Å². The number of rotatable bonds is 5. The van der Waals surface area contributed by atoms with Crippen LogP contribution in [0.25, 0.3) is 0 Å². The topological polar surface area (TPSA) is 46.5 Å². The van der Waals surface area contributed by atoms with Gasteiger partial charge in [0, 0.05) is 39.3 Å². The van der Waals surface area contributed by atoms with E-state index in [9.17, 15) is 4.79 Å². The molecule has 0 bridgehead atoms. The fourth-order valence-electron chi connectivity index (χ4n) is 1.14. The van der Waals surface area contributed by atoms with Crippen molar-refractivity contribution in [1.82, 2.24) is 0 Å². The number of ether oxygens (including phenoxy) is 1. The average molecular weight is 348 g/mol. The second kappa shape index (κ2) is 12.3. The SMILES string of the molecule is CC(C)(C)CCOCCO.[CH2-]C(=O)CC(C)(C)C.[Y]. The summed E-state index contributed by atoms with van der Waals surface area (Å²) in [7, 11) is 0. The third-order valence-corrected chi connectivity index (χ3v) is 1.96. The normalized spacial score (nSPS) is 11.1. The van der Waals surface area contributed by atoms with Crippen molar-refractivity contribution in [2.24, 2.45) is 10.8 Å². The Morgan fingerprint density at radius 1 is 1.05 bits per heavy atom. The molecule has 0 aliphatic carbocycles. The van der Waals surface area contributed by atoms with Gasteiger partial charge < -0.3 is 21.6 Å². The third kappa shape index (κ3) is 32.3. The van der Waals surface area contributed by atoms with Gasteiger partial charge in [-0.3, -0.25) is 0 Å². The predicted octanol–water partition coefficient (Wildman–Crippen LogP) is 3.25. The molecular formula is C15H31O3Y-. The standard InChI is InChI=1S/C8H18O2.C7H13O.Y/c1-8(2,3)4-6-10-7-5-9;1-6(8)5-7(2,3)4;/h9H,4-7H2,1-3H3;1,5H2,2-4H3;/q;-1;. The van der Waals surface area contributed by atoms with Crippen LogP contribution in [0.5, 0.6) is 0 Å². The van der Waals surface area contributed by atoms with E-state index in [4.69, 9.17) is 9.84 Å². The van der Waals surface area contributed by atoms with E-state index in [1.807, 2.05) is 20.8 Å². The molecule has 0 saturated carbocycles. The second-order valence-electron chi connectivity index (χ2n) is 6.92. The average Bonchev–Trinajstić information content (AvgIpc) is 2.07. The van der Waals surface area contributed by atoms with Crippen molar-refractivity contribution in [3.8, 4) is 0 Å². The molecule has 0 aliphatic heterocycles. The van der Waals surface area contributed by atoms with Gasteiger partial charge in [0.15, 0.2) is 0 Å². The molecule has 0 saturated heterocycles. The molecule has 0 spiro atoms. The quantitative estimate of drug-likeness (QED) is 0.613. The number of hydrogen-bond acceptors (Lipinski definition) is 3. The minimum atomic E-state index is 0. The minimum Gasteiger partial charge on any atom is -0.394 e. The largest absolute Gasteiger partial charge is 0.394 e. The maximum absolute atomic E-state index is 10.3. The smallest absolute Gasteiger partial charge is 0.0697 e. The van der Waals surface area contributed by atoms with E-state index in [1.54, 1.807) is 0 Å². The third-order valence-electron chi connectivity index (χ3n) is 1.96. The number of hydrogen-bond donors (Lipinski definition) is 1. The first-order valence-corrected chi connectivity index (χ1v) is 6.51. The molecule has 0 fully saturated rings. The van der Waals surface area contributed by atoms with Crippen molar-refractivity contribution in [2.45, 2.75) is 54.4 Å². The molecule has 0 rings (SSSR count). The van der Waals surface area contributed by atoms with E-state index < -0.39 is 0 Å². The maximum atomic E-state index is 10.3. The fraction of sp³-hybridized carbons (Fsp3) is 0.867. The first kappa shape index (κ1) is 24.6. The number of Topliss-reactive ketones (excluding diaryl/α,β-unsaturated/α-hetero) is 1. The Hall–Kier alpha value is 0.564. The van der Waals surface area contributed by atoms with Gasteiger partial charge in [0.05, 0.1) is 13.2 Å². The molecule has 1 N–H and O–H groups in total. The molecule has 0 aromatic rings. The first-order valence-electron chi connectivity index (χ1n) is 6.51. The zero-order valence-corrected chi connectivity index (χ0v) is 16.4. The van der Waals surface area contributed by atoms with Gasteiger partial charge in [0.25, 0.3) is 0 Å². The van der Waals surface area contributed by atoms with Crippen LogP contribution in [-0.2, 0) is 42.2 Å². The van der Waals surface area contributed by atoms with Crippen LogP contribution in [0.4, 0.5) is 0 Å². The summed E-state index contributed by atoms with van der Waals surface area (Å²) >= 11 is 0. The van der Waals surface area contributed by atoms with E-state index in [-0.39, 0.29) is 50.5 Å². The molecule has 0 heterocycles. The molecule has 113 valence electrons. The molecule has 0 aromatic heterocycles. The summed E-state index contributed by atoms with van der Waals surface area (Å²) in [5, 5.41) is 8.37. The molecule has 4 heteroatoms. The van der Waals surface area contributed by atoms with Crippen LogP contribution in [0.15, 0.2) is 0 Å². The van der Waals surface area contributed by atoms with Gasteiger partial charge in [-0.25, -0.2) is 0 Å².